The van der Waals surface area contributed by atoms with Gasteiger partial charge in [-0.25, -0.2) is 4.98 Å². The summed E-state index contributed by atoms with van der Waals surface area (Å²) in [7, 11) is 1.74. The SMILES string of the molecule is CCCOC(CC(C)C)Cn1c(-c2cc(C)c(=O)n(C)c2)nc2cc(CNC(C(=O)O)C(C)O)ccc21. The summed E-state index contributed by atoms with van der Waals surface area (Å²) in [5.41, 5.74) is 3.99. The Hall–Kier alpha value is -3.01. The van der Waals surface area contributed by atoms with E-state index >= 15 is 0 Å². The standard InChI is InChI=1S/C28H40N4O5/c1-7-10-37-22(11-17(2)3)16-32-24-9-8-20(14-29-25(19(5)33)28(35)36)13-23(24)30-26(32)21-12-18(4)27(34)31(6)15-21/h8-9,12-13,15,17,19,22,25,29,33H,7,10-11,14,16H2,1-6H3,(H,35,36). The summed E-state index contributed by atoms with van der Waals surface area (Å²) in [5, 5.41) is 22.0. The number of hydrogen-bond donors (Lipinski definition) is 3. The summed E-state index contributed by atoms with van der Waals surface area (Å²) in [5.74, 6) is 0.115. The highest BCUT2D eigenvalue weighted by atomic mass is 16.5. The van der Waals surface area contributed by atoms with Crippen LogP contribution in [0.15, 0.2) is 35.3 Å². The molecule has 0 spiro atoms. The summed E-state index contributed by atoms with van der Waals surface area (Å²) < 4.78 is 9.95. The Morgan fingerprint density at radius 3 is 2.54 bits per heavy atom. The zero-order chi connectivity index (χ0) is 27.3. The molecule has 2 aromatic heterocycles. The van der Waals surface area contributed by atoms with Crippen LogP contribution in [0.5, 0.6) is 0 Å². The van der Waals surface area contributed by atoms with Crippen molar-refractivity contribution in [3.8, 4) is 11.4 Å². The van der Waals surface area contributed by atoms with Gasteiger partial charge in [0.2, 0.25) is 0 Å². The Kier molecular flexibility index (Phi) is 9.64. The Morgan fingerprint density at radius 1 is 1.22 bits per heavy atom. The van der Waals surface area contributed by atoms with Gasteiger partial charge in [0.25, 0.3) is 5.56 Å². The first-order valence-corrected chi connectivity index (χ1v) is 12.9. The van der Waals surface area contributed by atoms with E-state index in [-0.39, 0.29) is 18.2 Å². The van der Waals surface area contributed by atoms with Crippen LogP contribution in [0.3, 0.4) is 0 Å². The van der Waals surface area contributed by atoms with Gasteiger partial charge in [-0.15, -0.1) is 0 Å². The van der Waals surface area contributed by atoms with Crippen LogP contribution in [0.1, 0.15) is 51.7 Å². The number of benzene rings is 1. The van der Waals surface area contributed by atoms with Gasteiger partial charge in [0.15, 0.2) is 0 Å². The number of carbonyl (C=O) groups is 1. The highest BCUT2D eigenvalue weighted by Gasteiger charge is 2.23. The lowest BCUT2D eigenvalue weighted by molar-refractivity contribution is -0.142. The molecule has 0 saturated heterocycles. The van der Waals surface area contributed by atoms with Crippen molar-refractivity contribution in [2.75, 3.05) is 6.61 Å². The minimum Gasteiger partial charge on any atom is -0.480 e. The molecule has 0 aliphatic carbocycles. The van der Waals surface area contributed by atoms with E-state index < -0.39 is 18.1 Å². The van der Waals surface area contributed by atoms with E-state index in [0.29, 0.717) is 24.6 Å². The molecule has 9 nitrogen and oxygen atoms in total. The average Bonchev–Trinajstić information content (AvgIpc) is 3.17. The van der Waals surface area contributed by atoms with Crippen LogP contribution in [0.4, 0.5) is 0 Å². The summed E-state index contributed by atoms with van der Waals surface area (Å²) >= 11 is 0. The number of hydrogen-bond acceptors (Lipinski definition) is 6. The van der Waals surface area contributed by atoms with Gasteiger partial charge in [0, 0.05) is 37.5 Å². The van der Waals surface area contributed by atoms with Gasteiger partial charge in [-0.1, -0.05) is 26.8 Å². The minimum absolute atomic E-state index is 0.00781. The van der Waals surface area contributed by atoms with Crippen molar-refractivity contribution >= 4 is 17.0 Å². The molecule has 0 saturated carbocycles. The van der Waals surface area contributed by atoms with Gasteiger partial charge in [0.1, 0.15) is 11.9 Å². The molecule has 3 atom stereocenters. The minimum atomic E-state index is -1.10. The zero-order valence-electron chi connectivity index (χ0n) is 22.7. The van der Waals surface area contributed by atoms with Crippen LogP contribution < -0.4 is 10.9 Å². The third-order valence-electron chi connectivity index (χ3n) is 6.39. The Labute approximate surface area is 218 Å². The molecule has 202 valence electrons. The van der Waals surface area contributed by atoms with Crippen LogP contribution in [-0.2, 0) is 29.7 Å². The number of carboxylic acids is 1. The zero-order valence-corrected chi connectivity index (χ0v) is 22.7. The second-order valence-corrected chi connectivity index (χ2v) is 10.3. The normalized spacial score (nSPS) is 14.3. The van der Waals surface area contributed by atoms with E-state index in [2.05, 4.69) is 30.7 Å². The maximum Gasteiger partial charge on any atom is 0.323 e. The number of aliphatic hydroxyl groups excluding tert-OH is 1. The number of ether oxygens (including phenoxy) is 1. The highest BCUT2D eigenvalue weighted by Crippen LogP contribution is 2.27. The lowest BCUT2D eigenvalue weighted by Crippen LogP contribution is -2.44. The first-order valence-electron chi connectivity index (χ1n) is 12.9. The number of nitrogens with zero attached hydrogens (tertiary/aromatic N) is 3. The molecule has 3 rings (SSSR count). The summed E-state index contributed by atoms with van der Waals surface area (Å²) in [6, 6.07) is 6.66. The van der Waals surface area contributed by atoms with Crippen LogP contribution in [-0.4, -0.2) is 55.2 Å². The van der Waals surface area contributed by atoms with Gasteiger partial charge < -0.3 is 24.1 Å². The number of fused-ring (bicyclic) bond motifs is 1. The van der Waals surface area contributed by atoms with Gasteiger partial charge in [-0.05, 0) is 56.4 Å². The molecule has 0 aliphatic rings. The molecule has 0 fully saturated rings. The maximum atomic E-state index is 12.3. The van der Waals surface area contributed by atoms with Crippen LogP contribution in [0, 0.1) is 12.8 Å². The Morgan fingerprint density at radius 2 is 1.95 bits per heavy atom. The monoisotopic (exact) mass is 512 g/mol. The number of nitrogens with one attached hydrogen (secondary N) is 1. The van der Waals surface area contributed by atoms with Gasteiger partial charge in [-0.3, -0.25) is 14.9 Å². The number of imidazole rings is 1. The number of pyridine rings is 1. The van der Waals surface area contributed by atoms with Crippen LogP contribution in [0.2, 0.25) is 0 Å². The summed E-state index contributed by atoms with van der Waals surface area (Å²) in [4.78, 5) is 28.7. The van der Waals surface area contributed by atoms with E-state index in [0.717, 1.165) is 40.8 Å². The first-order chi connectivity index (χ1) is 17.5. The molecule has 1 aromatic carbocycles. The molecular formula is C28H40N4O5. The molecule has 3 unspecified atom stereocenters. The van der Waals surface area contributed by atoms with Crippen molar-refractivity contribution in [2.45, 2.75) is 78.8 Å². The van der Waals surface area contributed by atoms with Gasteiger partial charge in [0.05, 0.1) is 29.8 Å². The Balaban J connectivity index is 2.06. The highest BCUT2D eigenvalue weighted by molar-refractivity contribution is 5.81. The molecule has 9 heteroatoms. The number of aromatic nitrogens is 3. The number of aliphatic hydroxyl groups is 1. The quantitative estimate of drug-likeness (QED) is 0.321. The second kappa shape index (κ2) is 12.5. The van der Waals surface area contributed by atoms with E-state index in [1.807, 2.05) is 24.3 Å². The lowest BCUT2D eigenvalue weighted by atomic mass is 10.1. The number of aryl methyl sites for hydroxylation is 2. The molecule has 0 aliphatic heterocycles. The first kappa shape index (κ1) is 28.6. The fraction of sp³-hybridized carbons (Fsp3) is 0.536. The molecule has 3 N–H and O–H groups in total. The fourth-order valence-electron chi connectivity index (χ4n) is 4.59. The molecular weight excluding hydrogens is 472 g/mol. The van der Waals surface area contributed by atoms with Crippen molar-refractivity contribution in [1.29, 1.82) is 0 Å². The fourth-order valence-corrected chi connectivity index (χ4v) is 4.59. The predicted molar refractivity (Wildman–Crippen MR) is 145 cm³/mol. The van der Waals surface area contributed by atoms with Crippen molar-refractivity contribution in [1.82, 2.24) is 19.4 Å². The molecule has 37 heavy (non-hydrogen) atoms. The molecule has 3 aromatic rings. The third-order valence-corrected chi connectivity index (χ3v) is 6.39. The molecule has 0 radical (unpaired) electrons. The van der Waals surface area contributed by atoms with Crippen molar-refractivity contribution in [3.05, 3.63) is 51.9 Å². The maximum absolute atomic E-state index is 12.3. The number of rotatable bonds is 13. The third kappa shape index (κ3) is 7.06. The average molecular weight is 513 g/mol. The van der Waals surface area contributed by atoms with Gasteiger partial charge in [-0.2, -0.15) is 0 Å². The van der Waals surface area contributed by atoms with E-state index in [4.69, 9.17) is 9.72 Å². The van der Waals surface area contributed by atoms with Gasteiger partial charge >= 0.3 is 5.97 Å². The number of carboxylic acid groups (broad SMARTS) is 1. The van der Waals surface area contributed by atoms with Crippen LogP contribution >= 0.6 is 0 Å². The van der Waals surface area contributed by atoms with E-state index in [1.165, 1.54) is 6.92 Å². The van der Waals surface area contributed by atoms with Crippen molar-refractivity contribution < 1.29 is 19.7 Å². The van der Waals surface area contributed by atoms with E-state index in [1.54, 1.807) is 24.7 Å². The smallest absolute Gasteiger partial charge is 0.323 e. The largest absolute Gasteiger partial charge is 0.480 e. The lowest BCUT2D eigenvalue weighted by Gasteiger charge is -2.22. The molecule has 0 bridgehead atoms. The Bertz CT molecular complexity index is 1250. The van der Waals surface area contributed by atoms with E-state index in [9.17, 15) is 19.8 Å². The van der Waals surface area contributed by atoms with Crippen molar-refractivity contribution in [2.24, 2.45) is 13.0 Å². The van der Waals surface area contributed by atoms with Crippen molar-refractivity contribution in [3.63, 3.8) is 0 Å². The topological polar surface area (TPSA) is 119 Å². The van der Waals surface area contributed by atoms with Crippen LogP contribution in [0.25, 0.3) is 22.4 Å². The predicted octanol–water partition coefficient (Wildman–Crippen LogP) is 3.48. The second-order valence-electron chi connectivity index (χ2n) is 10.3. The molecule has 2 heterocycles. The summed E-state index contributed by atoms with van der Waals surface area (Å²) in [6.45, 7) is 11.3. The molecule has 0 amide bonds. The summed E-state index contributed by atoms with van der Waals surface area (Å²) in [6.07, 6.45) is 2.63. The number of aliphatic carboxylic acids is 1.